The van der Waals surface area contributed by atoms with E-state index in [9.17, 15) is 0 Å². The number of benzene rings is 1. The molecule has 1 aromatic carbocycles. The first kappa shape index (κ1) is 21.2. The van der Waals surface area contributed by atoms with Gasteiger partial charge in [-0.2, -0.15) is 0 Å². The van der Waals surface area contributed by atoms with Crippen molar-refractivity contribution in [1.29, 1.82) is 0 Å². The molecule has 6 heteroatoms. The van der Waals surface area contributed by atoms with E-state index in [1.54, 1.807) is 7.05 Å². The fourth-order valence-corrected chi connectivity index (χ4v) is 4.05. The van der Waals surface area contributed by atoms with Gasteiger partial charge in [0.25, 0.3) is 0 Å². The average molecular weight is 399 g/mol. The van der Waals surface area contributed by atoms with Crippen molar-refractivity contribution in [3.05, 3.63) is 46.3 Å². The first-order valence-corrected chi connectivity index (χ1v) is 10.6. The number of aromatic nitrogens is 1. The van der Waals surface area contributed by atoms with Crippen molar-refractivity contribution in [3.63, 3.8) is 0 Å². The molecule has 0 amide bonds. The average Bonchev–Trinajstić information content (AvgIpc) is 3.32. The van der Waals surface area contributed by atoms with Gasteiger partial charge in [0.1, 0.15) is 11.5 Å². The lowest BCUT2D eigenvalue weighted by atomic mass is 10.00. The number of hydrogen-bond acceptors (Lipinski definition) is 4. The maximum absolute atomic E-state index is 6.31. The highest BCUT2D eigenvalue weighted by molar-refractivity contribution is 5.79. The van der Waals surface area contributed by atoms with Crippen LogP contribution in [0.15, 0.2) is 27.7 Å². The minimum Gasteiger partial charge on any atom is -0.490 e. The Balaban J connectivity index is 1.58. The summed E-state index contributed by atoms with van der Waals surface area (Å²) < 4.78 is 11.6. The van der Waals surface area contributed by atoms with Crippen LogP contribution in [0.2, 0.25) is 0 Å². The summed E-state index contributed by atoms with van der Waals surface area (Å²) in [5, 5.41) is 10.9. The molecule has 29 heavy (non-hydrogen) atoms. The Hall–Kier alpha value is -2.50. The Kier molecular flexibility index (Phi) is 7.18. The van der Waals surface area contributed by atoms with E-state index in [2.05, 4.69) is 52.8 Å². The van der Waals surface area contributed by atoms with E-state index in [-0.39, 0.29) is 5.92 Å². The van der Waals surface area contributed by atoms with Gasteiger partial charge in [-0.15, -0.1) is 0 Å². The fourth-order valence-electron chi connectivity index (χ4n) is 4.05. The zero-order chi connectivity index (χ0) is 20.8. The molecule has 1 aliphatic carbocycles. The molecule has 2 aromatic rings. The molecule has 158 valence electrons. The van der Waals surface area contributed by atoms with Crippen LogP contribution in [0, 0.1) is 20.8 Å². The van der Waals surface area contributed by atoms with Crippen molar-refractivity contribution in [2.75, 3.05) is 13.6 Å². The van der Waals surface area contributed by atoms with Crippen molar-refractivity contribution >= 4 is 5.96 Å². The largest absolute Gasteiger partial charge is 0.490 e. The lowest BCUT2D eigenvalue weighted by Crippen LogP contribution is -2.38. The van der Waals surface area contributed by atoms with E-state index in [4.69, 9.17) is 9.26 Å². The van der Waals surface area contributed by atoms with Gasteiger partial charge in [0, 0.05) is 37.2 Å². The second-order valence-electron chi connectivity index (χ2n) is 8.08. The Morgan fingerprint density at radius 2 is 2.00 bits per heavy atom. The van der Waals surface area contributed by atoms with Crippen LogP contribution < -0.4 is 15.4 Å². The van der Waals surface area contributed by atoms with Crippen molar-refractivity contribution in [1.82, 2.24) is 15.8 Å². The zero-order valence-corrected chi connectivity index (χ0v) is 18.3. The number of nitrogens with one attached hydrogen (secondary N) is 2. The molecule has 1 saturated carbocycles. The highest BCUT2D eigenvalue weighted by Crippen LogP contribution is 2.27. The monoisotopic (exact) mass is 398 g/mol. The van der Waals surface area contributed by atoms with Gasteiger partial charge < -0.3 is 19.9 Å². The second kappa shape index (κ2) is 9.81. The Labute approximate surface area is 174 Å². The van der Waals surface area contributed by atoms with Gasteiger partial charge in [-0.3, -0.25) is 4.99 Å². The van der Waals surface area contributed by atoms with Gasteiger partial charge in [0.05, 0.1) is 11.8 Å². The van der Waals surface area contributed by atoms with Crippen LogP contribution in [-0.2, 0) is 6.54 Å². The first-order chi connectivity index (χ1) is 14.0. The molecule has 0 bridgehead atoms. The van der Waals surface area contributed by atoms with Crippen molar-refractivity contribution in [3.8, 4) is 5.75 Å². The van der Waals surface area contributed by atoms with Crippen LogP contribution >= 0.6 is 0 Å². The minimum atomic E-state index is 0.278. The molecule has 3 rings (SSSR count). The summed E-state index contributed by atoms with van der Waals surface area (Å²) in [6.45, 7) is 9.64. The lowest BCUT2D eigenvalue weighted by molar-refractivity contribution is 0.207. The number of nitrogens with zero attached hydrogens (tertiary/aromatic N) is 2. The summed E-state index contributed by atoms with van der Waals surface area (Å²) >= 11 is 0. The molecule has 0 aliphatic heterocycles. The van der Waals surface area contributed by atoms with E-state index in [1.165, 1.54) is 24.0 Å². The molecule has 1 aliphatic rings. The van der Waals surface area contributed by atoms with E-state index >= 15 is 0 Å². The van der Waals surface area contributed by atoms with Crippen LogP contribution in [0.3, 0.4) is 0 Å². The smallest absolute Gasteiger partial charge is 0.191 e. The quantitative estimate of drug-likeness (QED) is 0.535. The number of aliphatic imine (C=N–C) groups is 1. The Bertz CT molecular complexity index is 818. The van der Waals surface area contributed by atoms with E-state index < -0.39 is 0 Å². The summed E-state index contributed by atoms with van der Waals surface area (Å²) in [5.74, 6) is 2.92. The first-order valence-electron chi connectivity index (χ1n) is 10.6. The SMILES string of the molecule is CN=C(NCc1ccc(C)cc1OC1CCCC1)NCC(C)c1c(C)noc1C. The summed E-state index contributed by atoms with van der Waals surface area (Å²) in [5.41, 5.74) is 4.49. The number of ether oxygens (including phenoxy) is 1. The van der Waals surface area contributed by atoms with Crippen LogP contribution in [-0.4, -0.2) is 30.8 Å². The van der Waals surface area contributed by atoms with Crippen LogP contribution in [0.4, 0.5) is 0 Å². The number of hydrogen-bond donors (Lipinski definition) is 2. The van der Waals surface area contributed by atoms with Gasteiger partial charge in [0.2, 0.25) is 0 Å². The topological polar surface area (TPSA) is 71.7 Å². The third-order valence-electron chi connectivity index (χ3n) is 5.65. The molecule has 2 N–H and O–H groups in total. The van der Waals surface area contributed by atoms with E-state index in [1.807, 2.05) is 13.8 Å². The lowest BCUT2D eigenvalue weighted by Gasteiger charge is -2.19. The molecule has 6 nitrogen and oxygen atoms in total. The summed E-state index contributed by atoms with van der Waals surface area (Å²) in [6, 6.07) is 6.42. The number of rotatable bonds is 7. The Morgan fingerprint density at radius 3 is 2.66 bits per heavy atom. The molecule has 0 spiro atoms. The molecular formula is C23H34N4O2. The van der Waals surface area contributed by atoms with Crippen molar-refractivity contribution < 1.29 is 9.26 Å². The standard InChI is InChI=1S/C23H34N4O2/c1-15-10-11-19(21(12-15)28-20-8-6-7-9-20)14-26-23(24-5)25-13-16(2)22-17(3)27-29-18(22)4/h10-12,16,20H,6-9,13-14H2,1-5H3,(H2,24,25,26). The zero-order valence-electron chi connectivity index (χ0n) is 18.3. The number of guanidine groups is 1. The third-order valence-corrected chi connectivity index (χ3v) is 5.65. The molecule has 1 heterocycles. The van der Waals surface area contributed by atoms with Crippen LogP contribution in [0.1, 0.15) is 66.7 Å². The highest BCUT2D eigenvalue weighted by atomic mass is 16.5. The summed E-state index contributed by atoms with van der Waals surface area (Å²) in [6.07, 6.45) is 5.20. The normalized spacial score (nSPS) is 16.1. The maximum Gasteiger partial charge on any atom is 0.191 e. The summed E-state index contributed by atoms with van der Waals surface area (Å²) in [7, 11) is 1.79. The van der Waals surface area contributed by atoms with Gasteiger partial charge in [-0.25, -0.2) is 0 Å². The van der Waals surface area contributed by atoms with E-state index in [0.29, 0.717) is 12.6 Å². The predicted molar refractivity (Wildman–Crippen MR) is 117 cm³/mol. The highest BCUT2D eigenvalue weighted by Gasteiger charge is 2.19. The molecule has 1 fully saturated rings. The van der Waals surface area contributed by atoms with Gasteiger partial charge in [0.15, 0.2) is 5.96 Å². The van der Waals surface area contributed by atoms with Crippen molar-refractivity contribution in [2.45, 2.75) is 71.9 Å². The predicted octanol–water partition coefficient (Wildman–Crippen LogP) is 4.39. The maximum atomic E-state index is 6.31. The molecule has 1 atom stereocenters. The molecule has 0 saturated heterocycles. The second-order valence-corrected chi connectivity index (χ2v) is 8.08. The fraction of sp³-hybridized carbons (Fsp3) is 0.565. The summed E-state index contributed by atoms with van der Waals surface area (Å²) in [4.78, 5) is 4.37. The van der Waals surface area contributed by atoms with Gasteiger partial charge in [-0.05, 0) is 58.1 Å². The third kappa shape index (κ3) is 5.52. The van der Waals surface area contributed by atoms with Crippen LogP contribution in [0.25, 0.3) is 0 Å². The molecule has 1 aromatic heterocycles. The van der Waals surface area contributed by atoms with Crippen LogP contribution in [0.5, 0.6) is 5.75 Å². The minimum absolute atomic E-state index is 0.278. The number of aryl methyl sites for hydroxylation is 3. The Morgan fingerprint density at radius 1 is 1.24 bits per heavy atom. The molecule has 0 radical (unpaired) electrons. The van der Waals surface area contributed by atoms with E-state index in [0.717, 1.165) is 48.1 Å². The van der Waals surface area contributed by atoms with Crippen molar-refractivity contribution in [2.24, 2.45) is 4.99 Å². The van der Waals surface area contributed by atoms with Gasteiger partial charge >= 0.3 is 0 Å². The van der Waals surface area contributed by atoms with Gasteiger partial charge in [-0.1, -0.05) is 24.2 Å². The molecule has 1 unspecified atom stereocenters. The molecular weight excluding hydrogens is 364 g/mol.